The van der Waals surface area contributed by atoms with Crippen molar-refractivity contribution in [3.05, 3.63) is 41.1 Å². The molecule has 1 fully saturated rings. The fraction of sp³-hybridized carbons (Fsp3) is 0.444. The Kier molecular flexibility index (Phi) is 4.65. The van der Waals surface area contributed by atoms with Gasteiger partial charge in [0, 0.05) is 24.6 Å². The van der Waals surface area contributed by atoms with E-state index in [2.05, 4.69) is 5.16 Å². The van der Waals surface area contributed by atoms with Crippen molar-refractivity contribution in [2.45, 2.75) is 32.3 Å². The van der Waals surface area contributed by atoms with E-state index in [1.54, 1.807) is 24.8 Å². The third kappa shape index (κ3) is 3.32. The lowest BCUT2D eigenvalue weighted by Gasteiger charge is -2.38. The number of rotatable bonds is 3. The van der Waals surface area contributed by atoms with Crippen LogP contribution < -0.4 is 0 Å². The van der Waals surface area contributed by atoms with Gasteiger partial charge in [-0.1, -0.05) is 35.0 Å². The van der Waals surface area contributed by atoms with Gasteiger partial charge in [0.2, 0.25) is 0 Å². The second kappa shape index (κ2) is 6.57. The van der Waals surface area contributed by atoms with Crippen molar-refractivity contribution >= 4 is 17.5 Å². The molecule has 0 bridgehead atoms. The Morgan fingerprint density at radius 2 is 2.17 bits per heavy atom. The maximum atomic E-state index is 12.9. The summed E-state index contributed by atoms with van der Waals surface area (Å²) in [5.74, 6) is -0.0843. The second-order valence-corrected chi connectivity index (χ2v) is 7.21. The molecule has 3 rings (SSSR count). The summed E-state index contributed by atoms with van der Waals surface area (Å²) in [6.07, 6.45) is 3.15. The molecule has 5 nitrogen and oxygen atoms in total. The number of halogens is 1. The van der Waals surface area contributed by atoms with Crippen LogP contribution in [0.2, 0.25) is 5.02 Å². The highest BCUT2D eigenvalue weighted by Crippen LogP contribution is 2.32. The molecule has 1 aromatic heterocycles. The molecular formula is C18H21ClN2O3. The van der Waals surface area contributed by atoms with Gasteiger partial charge in [-0.2, -0.15) is 0 Å². The number of likely N-dealkylation sites (tertiary alicyclic amines) is 1. The van der Waals surface area contributed by atoms with E-state index in [4.69, 9.17) is 16.1 Å². The lowest BCUT2D eigenvalue weighted by Crippen LogP contribution is -2.47. The van der Waals surface area contributed by atoms with E-state index in [0.717, 1.165) is 12.8 Å². The minimum absolute atomic E-state index is 0.0545. The van der Waals surface area contributed by atoms with Gasteiger partial charge in [-0.15, -0.1) is 0 Å². The lowest BCUT2D eigenvalue weighted by molar-refractivity contribution is -0.0146. The summed E-state index contributed by atoms with van der Waals surface area (Å²) in [5, 5.41) is 14.8. The zero-order chi connectivity index (χ0) is 17.3. The van der Waals surface area contributed by atoms with Gasteiger partial charge >= 0.3 is 0 Å². The second-order valence-electron chi connectivity index (χ2n) is 6.80. The molecule has 0 aliphatic carbocycles. The number of hydrogen-bond donors (Lipinski definition) is 1. The number of aromatic nitrogens is 1. The number of carbonyl (C=O) groups excluding carboxylic acids is 1. The van der Waals surface area contributed by atoms with E-state index in [9.17, 15) is 9.90 Å². The van der Waals surface area contributed by atoms with Gasteiger partial charge < -0.3 is 14.5 Å². The third-order valence-electron chi connectivity index (χ3n) is 4.64. The van der Waals surface area contributed by atoms with Crippen molar-refractivity contribution in [2.24, 2.45) is 5.92 Å². The summed E-state index contributed by atoms with van der Waals surface area (Å²) in [7, 11) is 0. The average molecular weight is 349 g/mol. The van der Waals surface area contributed by atoms with Crippen LogP contribution >= 0.6 is 11.6 Å². The number of piperidine rings is 1. The number of carbonyl (C=O) groups is 1. The molecule has 1 aromatic carbocycles. The van der Waals surface area contributed by atoms with Gasteiger partial charge in [0.05, 0.1) is 10.6 Å². The highest BCUT2D eigenvalue weighted by Gasteiger charge is 2.34. The Bertz CT molecular complexity index is 736. The first-order chi connectivity index (χ1) is 11.4. The average Bonchev–Trinajstić information content (AvgIpc) is 3.03. The van der Waals surface area contributed by atoms with Crippen LogP contribution in [0.5, 0.6) is 0 Å². The molecule has 1 aliphatic heterocycles. The Morgan fingerprint density at radius 3 is 2.88 bits per heavy atom. The van der Waals surface area contributed by atoms with Crippen LogP contribution in [-0.4, -0.2) is 39.8 Å². The van der Waals surface area contributed by atoms with Crippen molar-refractivity contribution in [3.63, 3.8) is 0 Å². The van der Waals surface area contributed by atoms with E-state index in [1.807, 2.05) is 18.2 Å². The maximum absolute atomic E-state index is 12.9. The first-order valence-corrected chi connectivity index (χ1v) is 8.46. The van der Waals surface area contributed by atoms with E-state index in [0.29, 0.717) is 34.9 Å². The highest BCUT2D eigenvalue weighted by atomic mass is 35.5. The zero-order valence-corrected chi connectivity index (χ0v) is 14.6. The highest BCUT2D eigenvalue weighted by molar-refractivity contribution is 6.33. The number of nitrogens with zero attached hydrogens (tertiary/aromatic N) is 2. The molecule has 0 radical (unpaired) electrons. The molecule has 2 heterocycles. The van der Waals surface area contributed by atoms with Gasteiger partial charge in [-0.05, 0) is 32.8 Å². The predicted octanol–water partition coefficient (Wildman–Crippen LogP) is 3.62. The van der Waals surface area contributed by atoms with Gasteiger partial charge in [0.15, 0.2) is 0 Å². The lowest BCUT2D eigenvalue weighted by atomic mass is 9.84. The molecule has 1 N–H and O–H groups in total. The minimum atomic E-state index is -0.806. The third-order valence-corrected chi connectivity index (χ3v) is 4.97. The Hall–Kier alpha value is -1.85. The van der Waals surface area contributed by atoms with Crippen molar-refractivity contribution < 1.29 is 14.4 Å². The van der Waals surface area contributed by atoms with Crippen molar-refractivity contribution in [1.29, 1.82) is 0 Å². The number of amides is 1. The summed E-state index contributed by atoms with van der Waals surface area (Å²) in [5.41, 5.74) is 0.724. The number of hydrogen-bond acceptors (Lipinski definition) is 4. The molecule has 1 atom stereocenters. The summed E-state index contributed by atoms with van der Waals surface area (Å²) in [6.45, 7) is 4.77. The Balaban J connectivity index is 1.87. The van der Waals surface area contributed by atoms with E-state index in [-0.39, 0.29) is 11.8 Å². The predicted molar refractivity (Wildman–Crippen MR) is 91.9 cm³/mol. The largest absolute Gasteiger partial charge is 0.390 e. The zero-order valence-electron chi connectivity index (χ0n) is 13.8. The number of benzene rings is 1. The summed E-state index contributed by atoms with van der Waals surface area (Å²) < 4.78 is 5.06. The molecule has 2 aromatic rings. The van der Waals surface area contributed by atoms with Crippen LogP contribution in [0, 0.1) is 5.92 Å². The van der Waals surface area contributed by atoms with Crippen molar-refractivity contribution in [1.82, 2.24) is 10.1 Å². The van der Waals surface area contributed by atoms with Crippen LogP contribution in [0.25, 0.3) is 11.3 Å². The molecule has 24 heavy (non-hydrogen) atoms. The molecule has 1 aliphatic rings. The van der Waals surface area contributed by atoms with Crippen LogP contribution in [0.15, 0.2) is 35.1 Å². The fourth-order valence-electron chi connectivity index (χ4n) is 3.14. The van der Waals surface area contributed by atoms with Gasteiger partial charge in [0.25, 0.3) is 5.91 Å². The molecule has 6 heteroatoms. The minimum Gasteiger partial charge on any atom is -0.390 e. The molecule has 1 saturated heterocycles. The topological polar surface area (TPSA) is 66.6 Å². The summed E-state index contributed by atoms with van der Waals surface area (Å²) >= 11 is 6.22. The summed E-state index contributed by atoms with van der Waals surface area (Å²) in [6, 6.07) is 7.24. The molecule has 128 valence electrons. The van der Waals surface area contributed by atoms with Gasteiger partial charge in [-0.25, -0.2) is 0 Å². The standard InChI is InChI=1S/C18H21ClN2O3/c1-18(2,23)12-6-5-9-21(10-12)17(22)14-11-24-20-16(14)13-7-3-4-8-15(13)19/h3-4,7-8,11-12,23H,5-6,9-10H2,1-2H3. The number of aliphatic hydroxyl groups is 1. The van der Waals surface area contributed by atoms with Crippen molar-refractivity contribution in [2.75, 3.05) is 13.1 Å². The van der Waals surface area contributed by atoms with E-state index in [1.165, 1.54) is 6.26 Å². The van der Waals surface area contributed by atoms with Gasteiger partial charge in [-0.3, -0.25) is 4.79 Å². The molecule has 1 unspecified atom stereocenters. The molecule has 0 spiro atoms. The molecule has 0 saturated carbocycles. The summed E-state index contributed by atoms with van der Waals surface area (Å²) in [4.78, 5) is 14.7. The molecular weight excluding hydrogens is 328 g/mol. The van der Waals surface area contributed by atoms with Crippen LogP contribution in [0.1, 0.15) is 37.0 Å². The monoisotopic (exact) mass is 348 g/mol. The first-order valence-electron chi connectivity index (χ1n) is 8.09. The van der Waals surface area contributed by atoms with Gasteiger partial charge in [0.1, 0.15) is 17.5 Å². The smallest absolute Gasteiger partial charge is 0.259 e. The van der Waals surface area contributed by atoms with Crippen LogP contribution in [-0.2, 0) is 0 Å². The fourth-order valence-corrected chi connectivity index (χ4v) is 3.37. The quantitative estimate of drug-likeness (QED) is 0.920. The van der Waals surface area contributed by atoms with Crippen LogP contribution in [0.3, 0.4) is 0 Å². The normalized spacial score (nSPS) is 18.7. The maximum Gasteiger partial charge on any atom is 0.259 e. The van der Waals surface area contributed by atoms with Crippen molar-refractivity contribution in [3.8, 4) is 11.3 Å². The Morgan fingerprint density at radius 1 is 1.42 bits per heavy atom. The van der Waals surface area contributed by atoms with E-state index < -0.39 is 5.60 Å². The molecule has 1 amide bonds. The Labute approximate surface area is 146 Å². The first kappa shape index (κ1) is 17.0. The van der Waals surface area contributed by atoms with E-state index >= 15 is 0 Å². The van der Waals surface area contributed by atoms with Crippen LogP contribution in [0.4, 0.5) is 0 Å². The SMILES string of the molecule is CC(C)(O)C1CCCN(C(=O)c2conc2-c2ccccc2Cl)C1.